The maximum absolute atomic E-state index is 10.1. The molecule has 0 aliphatic rings. The van der Waals surface area contributed by atoms with E-state index in [0.29, 0.717) is 12.2 Å². The lowest BCUT2D eigenvalue weighted by Crippen LogP contribution is -2.33. The Morgan fingerprint density at radius 1 is 1.83 bits per heavy atom. The molecule has 0 aliphatic heterocycles. The second-order valence-electron chi connectivity index (χ2n) is 1.86. The molecule has 0 bridgehead atoms. The highest BCUT2D eigenvalue weighted by molar-refractivity contribution is 7.80. The Morgan fingerprint density at radius 2 is 2.42 bits per heavy atom. The van der Waals surface area contributed by atoms with Crippen molar-refractivity contribution in [1.82, 2.24) is 0 Å². The molecule has 4 N–H and O–H groups in total. The average Bonchev–Trinajstić information content (AvgIpc) is 2.00. The molecule has 12 heavy (non-hydrogen) atoms. The van der Waals surface area contributed by atoms with Gasteiger partial charge in [0.15, 0.2) is 0 Å². The van der Waals surface area contributed by atoms with Gasteiger partial charge in [-0.15, -0.1) is 0 Å². The summed E-state index contributed by atoms with van der Waals surface area (Å²) < 4.78 is 22.5. The fourth-order valence-corrected chi connectivity index (χ4v) is 1.07. The largest absolute Gasteiger partial charge is 0.408 e. The second-order valence-corrected chi connectivity index (χ2v) is 2.91. The molecule has 8 heteroatoms. The summed E-state index contributed by atoms with van der Waals surface area (Å²) >= 11 is 1.36. The molecule has 0 radical (unpaired) electrons. The van der Waals surface area contributed by atoms with Crippen molar-refractivity contribution in [3.05, 3.63) is 0 Å². The van der Waals surface area contributed by atoms with E-state index < -0.39 is 17.4 Å². The molecule has 1 unspecified atom stereocenters. The fraction of sp³-hybridized carbons (Fsp3) is 0.750. The molecule has 0 saturated heterocycles. The maximum atomic E-state index is 10.1. The Bertz CT molecular complexity index is 186. The summed E-state index contributed by atoms with van der Waals surface area (Å²) in [6, 6.07) is -0.719. The lowest BCUT2D eigenvalue weighted by molar-refractivity contribution is 0.297. The highest BCUT2D eigenvalue weighted by atomic mass is 32.2. The molecule has 2 atom stereocenters. The topological polar surface area (TPSA) is 105 Å². The Kier molecular flexibility index (Phi) is 6.07. The minimum absolute atomic E-state index is 0.370. The summed E-state index contributed by atoms with van der Waals surface area (Å²) in [5.41, 5.74) is 5.38. The molecule has 72 valence electrons. The van der Waals surface area contributed by atoms with Crippen LogP contribution >= 0.6 is 12.6 Å². The molecule has 0 fully saturated rings. The van der Waals surface area contributed by atoms with Crippen LogP contribution in [0.5, 0.6) is 0 Å². The van der Waals surface area contributed by atoms with Crippen LogP contribution in [0.2, 0.25) is 0 Å². The predicted octanol–water partition coefficient (Wildman–Crippen LogP) is -0.425. The zero-order chi connectivity index (χ0) is 9.56. The molecule has 6 nitrogen and oxygen atoms in total. The summed E-state index contributed by atoms with van der Waals surface area (Å²) in [4.78, 5) is 0. The fourth-order valence-electron chi connectivity index (χ4n) is 0.488. The van der Waals surface area contributed by atoms with Crippen LogP contribution in [0.15, 0.2) is 5.16 Å². The van der Waals surface area contributed by atoms with Gasteiger partial charge in [-0.1, -0.05) is 5.16 Å². The third-order valence-electron chi connectivity index (χ3n) is 1.01. The van der Waals surface area contributed by atoms with Gasteiger partial charge in [0.25, 0.3) is 5.90 Å². The normalized spacial score (nSPS) is 17.1. The van der Waals surface area contributed by atoms with Gasteiger partial charge in [-0.05, 0) is 12.2 Å². The van der Waals surface area contributed by atoms with E-state index in [1.165, 1.54) is 0 Å². The standard InChI is InChI=1S/C4H10N2O4S2/c5-3(1-2-11)4(6-7)10-12(8)9/h3,7,11H,1-2,5H2,(H,8,9)/t3-/m0/s1. The molecule has 0 aromatic rings. The monoisotopic (exact) mass is 214 g/mol. The first-order valence-electron chi connectivity index (χ1n) is 2.99. The number of hydrogen-bond acceptors (Lipinski definition) is 6. The molecule has 0 heterocycles. The predicted molar refractivity (Wildman–Crippen MR) is 47.5 cm³/mol. The minimum atomic E-state index is -2.52. The van der Waals surface area contributed by atoms with Crippen LogP contribution in [0, 0.1) is 0 Å². The number of rotatable bonds is 4. The van der Waals surface area contributed by atoms with Gasteiger partial charge >= 0.3 is 11.4 Å². The Labute approximate surface area is 77.7 Å². The minimum Gasteiger partial charge on any atom is -0.408 e. The Morgan fingerprint density at radius 3 is 2.75 bits per heavy atom. The summed E-state index contributed by atoms with van der Waals surface area (Å²) in [5, 5.41) is 10.9. The summed E-state index contributed by atoms with van der Waals surface area (Å²) in [6.07, 6.45) is 0.389. The van der Waals surface area contributed by atoms with E-state index in [9.17, 15) is 4.21 Å². The Balaban J connectivity index is 4.07. The molecular formula is C4H10N2O4S2. The first-order valence-corrected chi connectivity index (χ1v) is 4.65. The highest BCUT2D eigenvalue weighted by Crippen LogP contribution is 1.97. The van der Waals surface area contributed by atoms with Gasteiger partial charge in [0.2, 0.25) is 0 Å². The quantitative estimate of drug-likeness (QED) is 0.127. The second kappa shape index (κ2) is 6.23. The van der Waals surface area contributed by atoms with Crippen molar-refractivity contribution in [2.45, 2.75) is 12.5 Å². The van der Waals surface area contributed by atoms with Crippen molar-refractivity contribution >= 4 is 29.9 Å². The van der Waals surface area contributed by atoms with Crippen LogP contribution in [-0.2, 0) is 15.5 Å². The van der Waals surface area contributed by atoms with E-state index in [0.717, 1.165) is 0 Å². The molecular weight excluding hydrogens is 204 g/mol. The van der Waals surface area contributed by atoms with E-state index in [1.54, 1.807) is 0 Å². The van der Waals surface area contributed by atoms with Crippen molar-refractivity contribution in [3.8, 4) is 0 Å². The molecule has 0 rings (SSSR count). The van der Waals surface area contributed by atoms with Crippen LogP contribution in [-0.4, -0.2) is 31.7 Å². The van der Waals surface area contributed by atoms with E-state index in [2.05, 4.69) is 22.0 Å². The first kappa shape index (κ1) is 11.7. The molecule has 0 aromatic heterocycles. The summed E-state index contributed by atoms with van der Waals surface area (Å²) in [5.74, 6) is 0.0895. The third-order valence-corrected chi connectivity index (χ3v) is 1.58. The molecule has 0 spiro atoms. The number of hydrogen-bond donors (Lipinski definition) is 4. The summed E-state index contributed by atoms with van der Waals surface area (Å²) in [6.45, 7) is 0. The van der Waals surface area contributed by atoms with Crippen molar-refractivity contribution < 1.29 is 18.2 Å². The van der Waals surface area contributed by atoms with E-state index in [4.69, 9.17) is 15.5 Å². The highest BCUT2D eigenvalue weighted by Gasteiger charge is 2.15. The van der Waals surface area contributed by atoms with Crippen LogP contribution in [0.25, 0.3) is 0 Å². The van der Waals surface area contributed by atoms with Crippen LogP contribution in [0.1, 0.15) is 6.42 Å². The number of nitrogens with two attached hydrogens (primary N) is 1. The van der Waals surface area contributed by atoms with Crippen molar-refractivity contribution in [2.75, 3.05) is 5.75 Å². The van der Waals surface area contributed by atoms with Gasteiger partial charge in [0.05, 0.1) is 6.04 Å². The van der Waals surface area contributed by atoms with Gasteiger partial charge in [-0.3, -0.25) is 4.55 Å². The van der Waals surface area contributed by atoms with Crippen LogP contribution < -0.4 is 5.73 Å². The molecule has 0 aliphatic carbocycles. The molecule has 0 saturated carbocycles. The van der Waals surface area contributed by atoms with E-state index in [1.807, 2.05) is 0 Å². The lowest BCUT2D eigenvalue weighted by atomic mass is 10.2. The smallest absolute Gasteiger partial charge is 0.358 e. The van der Waals surface area contributed by atoms with Gasteiger partial charge in [0, 0.05) is 0 Å². The van der Waals surface area contributed by atoms with Crippen molar-refractivity contribution in [2.24, 2.45) is 10.9 Å². The zero-order valence-corrected chi connectivity index (χ0v) is 7.79. The van der Waals surface area contributed by atoms with Crippen LogP contribution in [0.3, 0.4) is 0 Å². The first-order chi connectivity index (χ1) is 5.61. The van der Waals surface area contributed by atoms with Gasteiger partial charge in [-0.2, -0.15) is 16.8 Å². The zero-order valence-electron chi connectivity index (χ0n) is 6.08. The third kappa shape index (κ3) is 4.54. The number of thiol groups is 1. The van der Waals surface area contributed by atoms with Gasteiger partial charge < -0.3 is 15.1 Å². The van der Waals surface area contributed by atoms with Gasteiger partial charge in [-0.25, -0.2) is 0 Å². The Hall–Kier alpha value is -0.310. The van der Waals surface area contributed by atoms with Crippen molar-refractivity contribution in [3.63, 3.8) is 0 Å². The maximum Gasteiger partial charge on any atom is 0.358 e. The van der Waals surface area contributed by atoms with Crippen molar-refractivity contribution in [1.29, 1.82) is 0 Å². The van der Waals surface area contributed by atoms with Gasteiger partial charge in [0.1, 0.15) is 0 Å². The number of nitrogens with zero attached hydrogens (tertiary/aromatic N) is 1. The van der Waals surface area contributed by atoms with E-state index >= 15 is 0 Å². The average molecular weight is 214 g/mol. The SMILES string of the molecule is N[C@@H](CCS)C(=NO)OS(=O)O. The lowest BCUT2D eigenvalue weighted by Gasteiger charge is -2.09. The number of oxime groups is 1. The molecule has 0 aromatic carbocycles. The summed E-state index contributed by atoms with van der Waals surface area (Å²) in [7, 11) is 0. The van der Waals surface area contributed by atoms with Crippen LogP contribution in [0.4, 0.5) is 0 Å². The molecule has 0 amide bonds. The van der Waals surface area contributed by atoms with E-state index in [-0.39, 0.29) is 5.90 Å².